The van der Waals surface area contributed by atoms with E-state index in [0.29, 0.717) is 23.8 Å². The molecule has 2 heterocycles. The van der Waals surface area contributed by atoms with Crippen molar-refractivity contribution in [2.24, 2.45) is 5.73 Å². The van der Waals surface area contributed by atoms with Gasteiger partial charge in [-0.2, -0.15) is 0 Å². The fourth-order valence-electron chi connectivity index (χ4n) is 2.75. The number of thiocarbonyl (C=S) groups is 1. The van der Waals surface area contributed by atoms with Crippen LogP contribution >= 0.6 is 12.2 Å². The summed E-state index contributed by atoms with van der Waals surface area (Å²) in [5.41, 5.74) is 7.75. The molecule has 23 heavy (non-hydrogen) atoms. The molecule has 0 spiro atoms. The predicted octanol–water partition coefficient (Wildman–Crippen LogP) is 1.87. The summed E-state index contributed by atoms with van der Waals surface area (Å²) in [6.45, 7) is 3.91. The summed E-state index contributed by atoms with van der Waals surface area (Å²) < 4.78 is 5.18. The van der Waals surface area contributed by atoms with Crippen molar-refractivity contribution in [1.82, 2.24) is 9.80 Å². The highest BCUT2D eigenvalue weighted by Crippen LogP contribution is 2.13. The molecule has 0 saturated carbocycles. The van der Waals surface area contributed by atoms with Crippen LogP contribution in [0.25, 0.3) is 0 Å². The Morgan fingerprint density at radius 2 is 1.96 bits per heavy atom. The molecule has 6 heteroatoms. The molecule has 1 saturated heterocycles. The zero-order valence-electron chi connectivity index (χ0n) is 12.8. The van der Waals surface area contributed by atoms with E-state index in [2.05, 4.69) is 11.0 Å². The Hall–Kier alpha value is -2.18. The zero-order chi connectivity index (χ0) is 16.2. The highest BCUT2D eigenvalue weighted by Gasteiger charge is 2.23. The van der Waals surface area contributed by atoms with Gasteiger partial charge in [-0.15, -0.1) is 0 Å². The molecule has 0 atom stereocenters. The van der Waals surface area contributed by atoms with Crippen LogP contribution in [0.1, 0.15) is 21.7 Å². The SMILES string of the molecule is NC(=S)c1cccc(CN2CCN(C(=O)c3ccco3)CC2)c1. The maximum atomic E-state index is 12.2. The molecule has 3 rings (SSSR count). The van der Waals surface area contributed by atoms with Gasteiger partial charge in [0.05, 0.1) is 6.26 Å². The molecule has 2 N–H and O–H groups in total. The molecule has 0 radical (unpaired) electrons. The summed E-state index contributed by atoms with van der Waals surface area (Å²) in [6.07, 6.45) is 1.53. The van der Waals surface area contributed by atoms with Gasteiger partial charge in [-0.05, 0) is 23.8 Å². The van der Waals surface area contributed by atoms with Crippen molar-refractivity contribution in [2.75, 3.05) is 26.2 Å². The van der Waals surface area contributed by atoms with Gasteiger partial charge in [0.1, 0.15) is 4.99 Å². The molecule has 0 bridgehead atoms. The van der Waals surface area contributed by atoms with Crippen molar-refractivity contribution in [3.8, 4) is 0 Å². The predicted molar refractivity (Wildman–Crippen MR) is 92.2 cm³/mol. The van der Waals surface area contributed by atoms with Crippen molar-refractivity contribution in [3.63, 3.8) is 0 Å². The third kappa shape index (κ3) is 3.78. The van der Waals surface area contributed by atoms with Gasteiger partial charge < -0.3 is 15.1 Å². The number of nitrogens with two attached hydrogens (primary N) is 1. The molecular weight excluding hydrogens is 310 g/mol. The van der Waals surface area contributed by atoms with E-state index < -0.39 is 0 Å². The minimum atomic E-state index is -0.0369. The third-order valence-electron chi connectivity index (χ3n) is 4.01. The maximum Gasteiger partial charge on any atom is 0.289 e. The number of piperazine rings is 1. The monoisotopic (exact) mass is 329 g/mol. The van der Waals surface area contributed by atoms with Crippen LogP contribution in [0.3, 0.4) is 0 Å². The highest BCUT2D eigenvalue weighted by molar-refractivity contribution is 7.80. The molecule has 1 amide bonds. The van der Waals surface area contributed by atoms with Gasteiger partial charge in [0.15, 0.2) is 5.76 Å². The Labute approximate surface area is 140 Å². The zero-order valence-corrected chi connectivity index (χ0v) is 13.6. The average molecular weight is 329 g/mol. The van der Waals surface area contributed by atoms with Gasteiger partial charge in [0.25, 0.3) is 5.91 Å². The summed E-state index contributed by atoms with van der Waals surface area (Å²) in [6, 6.07) is 11.4. The molecular formula is C17H19N3O2S. The van der Waals surface area contributed by atoms with Crippen molar-refractivity contribution < 1.29 is 9.21 Å². The number of carbonyl (C=O) groups is 1. The fraction of sp³-hybridized carbons (Fsp3) is 0.294. The normalized spacial score (nSPS) is 15.6. The van der Waals surface area contributed by atoms with E-state index in [4.69, 9.17) is 22.4 Å². The van der Waals surface area contributed by atoms with Gasteiger partial charge in [0.2, 0.25) is 0 Å². The summed E-state index contributed by atoms with van der Waals surface area (Å²) >= 11 is 5.02. The Kier molecular flexibility index (Phi) is 4.73. The Balaban J connectivity index is 1.56. The number of amides is 1. The first-order valence-corrected chi connectivity index (χ1v) is 7.98. The highest BCUT2D eigenvalue weighted by atomic mass is 32.1. The number of nitrogens with zero attached hydrogens (tertiary/aromatic N) is 2. The molecule has 0 unspecified atom stereocenters. The van der Waals surface area contributed by atoms with Gasteiger partial charge in [-0.25, -0.2) is 0 Å². The van der Waals surface area contributed by atoms with Crippen LogP contribution in [0, 0.1) is 0 Å². The third-order valence-corrected chi connectivity index (χ3v) is 4.24. The fourth-order valence-corrected chi connectivity index (χ4v) is 2.87. The summed E-state index contributed by atoms with van der Waals surface area (Å²) in [5.74, 6) is 0.368. The molecule has 5 nitrogen and oxygen atoms in total. The van der Waals surface area contributed by atoms with E-state index in [9.17, 15) is 4.79 Å². The van der Waals surface area contributed by atoms with Crippen LogP contribution in [-0.4, -0.2) is 46.9 Å². The lowest BCUT2D eigenvalue weighted by molar-refractivity contribution is 0.0598. The average Bonchev–Trinajstić information content (AvgIpc) is 3.09. The molecule has 0 aliphatic carbocycles. The lowest BCUT2D eigenvalue weighted by Crippen LogP contribution is -2.48. The molecule has 1 aromatic heterocycles. The number of hydrogen-bond acceptors (Lipinski definition) is 4. The van der Waals surface area contributed by atoms with Crippen LogP contribution < -0.4 is 5.73 Å². The molecule has 2 aromatic rings. The minimum absolute atomic E-state index is 0.0369. The van der Waals surface area contributed by atoms with Crippen LogP contribution in [0.15, 0.2) is 47.1 Å². The van der Waals surface area contributed by atoms with E-state index in [1.165, 1.54) is 11.8 Å². The number of hydrogen-bond donors (Lipinski definition) is 1. The van der Waals surface area contributed by atoms with E-state index in [1.807, 2.05) is 23.1 Å². The van der Waals surface area contributed by atoms with Crippen molar-refractivity contribution in [3.05, 3.63) is 59.5 Å². The molecule has 1 aromatic carbocycles. The number of furan rings is 1. The number of carbonyl (C=O) groups excluding carboxylic acids is 1. The van der Waals surface area contributed by atoms with Crippen molar-refractivity contribution in [2.45, 2.75) is 6.54 Å². The largest absolute Gasteiger partial charge is 0.459 e. The first-order chi connectivity index (χ1) is 11.1. The Bertz CT molecular complexity index is 692. The maximum absolute atomic E-state index is 12.2. The first kappa shape index (κ1) is 15.7. The van der Waals surface area contributed by atoms with E-state index in [-0.39, 0.29) is 5.91 Å². The van der Waals surface area contributed by atoms with Crippen molar-refractivity contribution >= 4 is 23.1 Å². The first-order valence-electron chi connectivity index (χ1n) is 7.57. The van der Waals surface area contributed by atoms with Crippen LogP contribution in [0.2, 0.25) is 0 Å². The van der Waals surface area contributed by atoms with Gasteiger partial charge in [0, 0.05) is 38.3 Å². The van der Waals surface area contributed by atoms with E-state index in [0.717, 1.165) is 25.2 Å². The summed E-state index contributed by atoms with van der Waals surface area (Å²) in [4.78, 5) is 16.8. The number of rotatable bonds is 4. The minimum Gasteiger partial charge on any atom is -0.459 e. The van der Waals surface area contributed by atoms with Crippen LogP contribution in [0.5, 0.6) is 0 Å². The van der Waals surface area contributed by atoms with Crippen LogP contribution in [-0.2, 0) is 6.54 Å². The molecule has 120 valence electrons. The second-order valence-electron chi connectivity index (χ2n) is 5.61. The Morgan fingerprint density at radius 1 is 1.17 bits per heavy atom. The van der Waals surface area contributed by atoms with Gasteiger partial charge >= 0.3 is 0 Å². The second-order valence-corrected chi connectivity index (χ2v) is 6.05. The lowest BCUT2D eigenvalue weighted by Gasteiger charge is -2.34. The molecule has 1 aliphatic rings. The van der Waals surface area contributed by atoms with E-state index in [1.54, 1.807) is 12.1 Å². The topological polar surface area (TPSA) is 62.7 Å². The summed E-state index contributed by atoms with van der Waals surface area (Å²) in [7, 11) is 0. The lowest BCUT2D eigenvalue weighted by atomic mass is 10.1. The quantitative estimate of drug-likeness (QED) is 0.868. The molecule has 1 aliphatic heterocycles. The van der Waals surface area contributed by atoms with Crippen LogP contribution in [0.4, 0.5) is 0 Å². The Morgan fingerprint density at radius 3 is 2.61 bits per heavy atom. The molecule has 1 fully saturated rings. The van der Waals surface area contributed by atoms with Gasteiger partial charge in [-0.3, -0.25) is 9.69 Å². The van der Waals surface area contributed by atoms with Crippen molar-refractivity contribution in [1.29, 1.82) is 0 Å². The van der Waals surface area contributed by atoms with E-state index >= 15 is 0 Å². The second kappa shape index (κ2) is 6.93. The smallest absolute Gasteiger partial charge is 0.289 e. The summed E-state index contributed by atoms with van der Waals surface area (Å²) in [5, 5.41) is 0. The standard InChI is InChI=1S/C17H19N3O2S/c18-16(23)14-4-1-3-13(11-14)12-19-6-8-20(9-7-19)17(21)15-5-2-10-22-15/h1-5,10-11H,6-9,12H2,(H2,18,23). The van der Waals surface area contributed by atoms with Gasteiger partial charge in [-0.1, -0.05) is 30.4 Å². The number of benzene rings is 1.